The first kappa shape index (κ1) is 17.5. The van der Waals surface area contributed by atoms with Crippen molar-refractivity contribution in [2.24, 2.45) is 5.16 Å². The minimum Gasteiger partial charge on any atom is -0.494 e. The van der Waals surface area contributed by atoms with E-state index in [9.17, 15) is 4.79 Å². The van der Waals surface area contributed by atoms with Crippen molar-refractivity contribution in [1.82, 2.24) is 0 Å². The first-order valence-electron chi connectivity index (χ1n) is 7.83. The van der Waals surface area contributed by atoms with Crippen molar-refractivity contribution in [1.29, 1.82) is 0 Å². The molecule has 0 aliphatic rings. The van der Waals surface area contributed by atoms with E-state index in [0.29, 0.717) is 6.61 Å². The Labute approximate surface area is 142 Å². The molecule has 24 heavy (non-hydrogen) atoms. The average molecular weight is 326 g/mol. The molecule has 0 radical (unpaired) electrons. The molecule has 126 valence electrons. The Morgan fingerprint density at radius 3 is 2.42 bits per heavy atom. The number of hydrogen-bond acceptors (Lipinski definition) is 4. The number of amides is 1. The third-order valence-electron chi connectivity index (χ3n) is 3.17. The Hall–Kier alpha value is -2.82. The minimum absolute atomic E-state index is 0.138. The predicted octanol–water partition coefficient (Wildman–Crippen LogP) is 3.69. The number of rotatable bonds is 7. The maximum atomic E-state index is 11.8. The van der Waals surface area contributed by atoms with E-state index in [4.69, 9.17) is 9.57 Å². The molecular weight excluding hydrogens is 304 g/mol. The highest BCUT2D eigenvalue weighted by Gasteiger charge is 2.03. The van der Waals surface area contributed by atoms with Gasteiger partial charge in [-0.15, -0.1) is 0 Å². The van der Waals surface area contributed by atoms with Crippen LogP contribution < -0.4 is 10.1 Å². The highest BCUT2D eigenvalue weighted by Crippen LogP contribution is 2.13. The molecule has 0 saturated heterocycles. The lowest BCUT2D eigenvalue weighted by molar-refractivity contribution is -0.120. The molecule has 0 unspecified atom stereocenters. The Bertz CT molecular complexity index is 689. The summed E-state index contributed by atoms with van der Waals surface area (Å²) in [5.41, 5.74) is 3.82. The molecule has 0 bridgehead atoms. The number of ether oxygens (including phenoxy) is 1. The normalized spacial score (nSPS) is 10.6. The number of anilines is 1. The third kappa shape index (κ3) is 5.76. The fourth-order valence-electron chi connectivity index (χ4n) is 2.25. The predicted molar refractivity (Wildman–Crippen MR) is 95.7 cm³/mol. The van der Waals surface area contributed by atoms with Crippen molar-refractivity contribution in [3.05, 3.63) is 59.2 Å². The highest BCUT2D eigenvalue weighted by molar-refractivity contribution is 5.92. The number of carbonyl (C=O) groups is 1. The van der Waals surface area contributed by atoms with E-state index in [1.54, 1.807) is 6.21 Å². The van der Waals surface area contributed by atoms with Crippen molar-refractivity contribution in [2.45, 2.75) is 20.8 Å². The summed E-state index contributed by atoms with van der Waals surface area (Å²) < 4.78 is 5.36. The monoisotopic (exact) mass is 326 g/mol. The molecule has 1 amide bonds. The number of benzene rings is 2. The second-order valence-electron chi connectivity index (χ2n) is 5.43. The number of nitrogens with one attached hydrogen (secondary N) is 1. The molecule has 0 aliphatic heterocycles. The molecule has 0 heterocycles. The van der Waals surface area contributed by atoms with E-state index in [1.165, 1.54) is 0 Å². The standard InChI is InChI=1S/C19H22N2O3/c1-4-23-18-7-5-16(6-8-18)12-20-24-13-19(22)21-17-10-14(2)9-15(3)11-17/h5-12H,4,13H2,1-3H3,(H,21,22)/b20-12-. The summed E-state index contributed by atoms with van der Waals surface area (Å²) in [5, 5.41) is 6.60. The van der Waals surface area contributed by atoms with Crippen molar-refractivity contribution in [2.75, 3.05) is 18.5 Å². The Morgan fingerprint density at radius 1 is 1.12 bits per heavy atom. The van der Waals surface area contributed by atoms with Gasteiger partial charge < -0.3 is 14.9 Å². The number of oxime groups is 1. The lowest BCUT2D eigenvalue weighted by Gasteiger charge is -2.06. The molecule has 0 atom stereocenters. The van der Waals surface area contributed by atoms with Gasteiger partial charge in [0.25, 0.3) is 5.91 Å². The van der Waals surface area contributed by atoms with E-state index < -0.39 is 0 Å². The zero-order valence-corrected chi connectivity index (χ0v) is 14.2. The van der Waals surface area contributed by atoms with E-state index >= 15 is 0 Å². The molecule has 2 aromatic carbocycles. The lowest BCUT2D eigenvalue weighted by Crippen LogP contribution is -2.17. The van der Waals surface area contributed by atoms with Crippen LogP contribution >= 0.6 is 0 Å². The third-order valence-corrected chi connectivity index (χ3v) is 3.17. The second kappa shape index (κ2) is 8.72. The smallest absolute Gasteiger partial charge is 0.265 e. The first-order chi connectivity index (χ1) is 11.6. The van der Waals surface area contributed by atoms with E-state index in [-0.39, 0.29) is 12.5 Å². The Kier molecular flexibility index (Phi) is 6.37. The van der Waals surface area contributed by atoms with Gasteiger partial charge in [-0.2, -0.15) is 0 Å². The van der Waals surface area contributed by atoms with Crippen LogP contribution in [0.2, 0.25) is 0 Å². The van der Waals surface area contributed by atoms with Crippen LogP contribution in [0.25, 0.3) is 0 Å². The number of hydrogen-bond donors (Lipinski definition) is 1. The van der Waals surface area contributed by atoms with Gasteiger partial charge in [-0.3, -0.25) is 4.79 Å². The average Bonchev–Trinajstić information content (AvgIpc) is 2.52. The Morgan fingerprint density at radius 2 is 1.79 bits per heavy atom. The maximum Gasteiger partial charge on any atom is 0.265 e. The van der Waals surface area contributed by atoms with Crippen LogP contribution in [-0.4, -0.2) is 25.3 Å². The fraction of sp³-hybridized carbons (Fsp3) is 0.263. The van der Waals surface area contributed by atoms with Crippen molar-refractivity contribution >= 4 is 17.8 Å². The van der Waals surface area contributed by atoms with Crippen LogP contribution in [0, 0.1) is 13.8 Å². The van der Waals surface area contributed by atoms with Gasteiger partial charge in [-0.1, -0.05) is 11.2 Å². The summed E-state index contributed by atoms with van der Waals surface area (Å²) in [7, 11) is 0. The zero-order chi connectivity index (χ0) is 17.4. The zero-order valence-electron chi connectivity index (χ0n) is 14.2. The largest absolute Gasteiger partial charge is 0.494 e. The fourth-order valence-corrected chi connectivity index (χ4v) is 2.25. The first-order valence-corrected chi connectivity index (χ1v) is 7.83. The molecular formula is C19H22N2O3. The molecule has 2 aromatic rings. The van der Waals surface area contributed by atoms with Crippen LogP contribution in [0.5, 0.6) is 5.75 Å². The van der Waals surface area contributed by atoms with Crippen LogP contribution in [-0.2, 0) is 9.63 Å². The molecule has 5 nitrogen and oxygen atoms in total. The van der Waals surface area contributed by atoms with E-state index in [2.05, 4.69) is 10.5 Å². The molecule has 2 rings (SSSR count). The lowest BCUT2D eigenvalue weighted by atomic mass is 10.1. The summed E-state index contributed by atoms with van der Waals surface area (Å²) in [6.45, 7) is 6.40. The van der Waals surface area contributed by atoms with Gasteiger partial charge in [0.05, 0.1) is 12.8 Å². The molecule has 0 spiro atoms. The van der Waals surface area contributed by atoms with Crippen LogP contribution in [0.15, 0.2) is 47.6 Å². The quantitative estimate of drug-likeness (QED) is 0.623. The van der Waals surface area contributed by atoms with E-state index in [1.807, 2.05) is 63.2 Å². The highest BCUT2D eigenvalue weighted by atomic mass is 16.6. The summed E-state index contributed by atoms with van der Waals surface area (Å²) in [6.07, 6.45) is 1.56. The Balaban J connectivity index is 1.79. The number of nitrogens with zero attached hydrogens (tertiary/aromatic N) is 1. The van der Waals surface area contributed by atoms with Gasteiger partial charge in [0.15, 0.2) is 6.61 Å². The molecule has 1 N–H and O–H groups in total. The van der Waals surface area contributed by atoms with Gasteiger partial charge in [0.2, 0.25) is 0 Å². The summed E-state index contributed by atoms with van der Waals surface area (Å²) in [6, 6.07) is 13.3. The maximum absolute atomic E-state index is 11.8. The molecule has 0 fully saturated rings. The van der Waals surface area contributed by atoms with Crippen LogP contribution in [0.1, 0.15) is 23.6 Å². The topological polar surface area (TPSA) is 59.9 Å². The van der Waals surface area contributed by atoms with Crippen molar-refractivity contribution in [3.63, 3.8) is 0 Å². The van der Waals surface area contributed by atoms with Crippen LogP contribution in [0.4, 0.5) is 5.69 Å². The molecule has 0 saturated carbocycles. The number of aryl methyl sites for hydroxylation is 2. The van der Waals surface area contributed by atoms with Gasteiger partial charge >= 0.3 is 0 Å². The summed E-state index contributed by atoms with van der Waals surface area (Å²) in [4.78, 5) is 16.9. The number of carbonyl (C=O) groups excluding carboxylic acids is 1. The SMILES string of the molecule is CCOc1ccc(/C=N\OCC(=O)Nc2cc(C)cc(C)c2)cc1. The van der Waals surface area contributed by atoms with Crippen molar-refractivity contribution < 1.29 is 14.4 Å². The summed E-state index contributed by atoms with van der Waals surface area (Å²) in [5.74, 6) is 0.562. The van der Waals surface area contributed by atoms with E-state index in [0.717, 1.165) is 28.1 Å². The van der Waals surface area contributed by atoms with Gasteiger partial charge in [-0.25, -0.2) is 0 Å². The molecule has 0 aromatic heterocycles. The molecule has 5 heteroatoms. The molecule has 0 aliphatic carbocycles. The van der Waals surface area contributed by atoms with Crippen molar-refractivity contribution in [3.8, 4) is 5.75 Å². The summed E-state index contributed by atoms with van der Waals surface area (Å²) >= 11 is 0. The van der Waals surface area contributed by atoms with Crippen LogP contribution in [0.3, 0.4) is 0 Å². The van der Waals surface area contributed by atoms with Gasteiger partial charge in [-0.05, 0) is 73.9 Å². The van der Waals surface area contributed by atoms with Gasteiger partial charge in [0, 0.05) is 5.69 Å². The second-order valence-corrected chi connectivity index (χ2v) is 5.43. The van der Waals surface area contributed by atoms with Gasteiger partial charge in [0.1, 0.15) is 5.75 Å². The minimum atomic E-state index is -0.246.